The van der Waals surface area contributed by atoms with Crippen molar-refractivity contribution < 1.29 is 19.1 Å². The highest BCUT2D eigenvalue weighted by Gasteiger charge is 2.67. The van der Waals surface area contributed by atoms with Gasteiger partial charge in [-0.1, -0.05) is 31.9 Å². The van der Waals surface area contributed by atoms with Gasteiger partial charge < -0.3 is 14.4 Å². The van der Waals surface area contributed by atoms with E-state index < -0.39 is 11.5 Å². The van der Waals surface area contributed by atoms with Crippen molar-refractivity contribution in [2.75, 3.05) is 13.2 Å². The lowest BCUT2D eigenvalue weighted by atomic mass is 9.77. The van der Waals surface area contributed by atoms with E-state index in [0.717, 1.165) is 19.3 Å². The molecule has 0 radical (unpaired) electrons. The number of amides is 1. The molecule has 4 rings (SSSR count). The van der Waals surface area contributed by atoms with Crippen LogP contribution < -0.4 is 0 Å². The highest BCUT2D eigenvalue weighted by molar-refractivity contribution is 5.91. The summed E-state index contributed by atoms with van der Waals surface area (Å²) in [6.45, 7) is 2.98. The van der Waals surface area contributed by atoms with Crippen molar-refractivity contribution in [3.63, 3.8) is 0 Å². The minimum atomic E-state index is -0.583. The van der Waals surface area contributed by atoms with Gasteiger partial charge >= 0.3 is 5.97 Å². The Kier molecular flexibility index (Phi) is 3.29. The highest BCUT2D eigenvalue weighted by Crippen LogP contribution is 2.53. The number of carbonyl (C=O) groups excluding carboxylic acids is 2. The molecule has 1 unspecified atom stereocenters. The number of hydrogen-bond acceptors (Lipinski definition) is 4. The number of rotatable bonds is 4. The van der Waals surface area contributed by atoms with Crippen molar-refractivity contribution in [3.8, 4) is 0 Å². The SMILES string of the molecule is CCCOC(=O)[C@@H]1[C@@H]2C=CC3(CN(C4CCCC4)C(=O)[C@H]13)O2. The largest absolute Gasteiger partial charge is 0.465 e. The zero-order valence-electron chi connectivity index (χ0n) is 13.0. The normalized spacial score (nSPS) is 39.8. The summed E-state index contributed by atoms with van der Waals surface area (Å²) in [5, 5.41) is 0. The number of ether oxygens (including phenoxy) is 2. The van der Waals surface area contributed by atoms with Crippen LogP contribution in [0.4, 0.5) is 0 Å². The Morgan fingerprint density at radius 3 is 2.95 bits per heavy atom. The van der Waals surface area contributed by atoms with Gasteiger partial charge in [0.2, 0.25) is 5.91 Å². The molecule has 2 saturated heterocycles. The minimum absolute atomic E-state index is 0.0946. The maximum Gasteiger partial charge on any atom is 0.312 e. The van der Waals surface area contributed by atoms with Crippen LogP contribution in [0.3, 0.4) is 0 Å². The molecule has 1 spiro atoms. The summed E-state index contributed by atoms with van der Waals surface area (Å²) < 4.78 is 11.4. The minimum Gasteiger partial charge on any atom is -0.465 e. The standard InChI is InChI=1S/C17H23NO4/c1-2-9-21-16(20)13-12-7-8-17(22-12)10-18(15(19)14(13)17)11-5-3-4-6-11/h7-8,11-14H,2-6,9-10H2,1H3/t12-,13+,14-,17?/m0/s1. The lowest BCUT2D eigenvalue weighted by Gasteiger charge is -2.26. The second kappa shape index (κ2) is 5.08. The Hall–Kier alpha value is -1.36. The monoisotopic (exact) mass is 305 g/mol. The second-order valence-corrected chi connectivity index (χ2v) is 6.97. The number of fused-ring (bicyclic) bond motifs is 1. The fourth-order valence-corrected chi connectivity index (χ4v) is 4.62. The lowest BCUT2D eigenvalue weighted by molar-refractivity contribution is -0.154. The molecule has 1 aliphatic carbocycles. The molecule has 1 saturated carbocycles. The predicted molar refractivity (Wildman–Crippen MR) is 78.9 cm³/mol. The van der Waals surface area contributed by atoms with Crippen molar-refractivity contribution in [2.24, 2.45) is 11.8 Å². The van der Waals surface area contributed by atoms with Crippen LogP contribution in [0.15, 0.2) is 12.2 Å². The zero-order valence-corrected chi connectivity index (χ0v) is 13.0. The first kappa shape index (κ1) is 14.2. The van der Waals surface area contributed by atoms with E-state index in [2.05, 4.69) is 0 Å². The Labute approximate surface area is 130 Å². The summed E-state index contributed by atoms with van der Waals surface area (Å²) in [5.74, 6) is -1.02. The Bertz CT molecular complexity index is 525. The first-order valence-corrected chi connectivity index (χ1v) is 8.50. The van der Waals surface area contributed by atoms with Crippen LogP contribution in [0.2, 0.25) is 0 Å². The van der Waals surface area contributed by atoms with Gasteiger partial charge in [0.25, 0.3) is 0 Å². The van der Waals surface area contributed by atoms with Gasteiger partial charge in [-0.25, -0.2) is 0 Å². The van der Waals surface area contributed by atoms with Crippen molar-refractivity contribution in [1.29, 1.82) is 0 Å². The van der Waals surface area contributed by atoms with E-state index >= 15 is 0 Å². The molecule has 3 fully saturated rings. The Morgan fingerprint density at radius 2 is 2.23 bits per heavy atom. The number of esters is 1. The average molecular weight is 305 g/mol. The average Bonchev–Trinajstić information content (AvgIpc) is 3.25. The number of likely N-dealkylation sites (tertiary alicyclic amines) is 1. The number of nitrogens with zero attached hydrogens (tertiary/aromatic N) is 1. The van der Waals surface area contributed by atoms with Crippen LogP contribution in [-0.4, -0.2) is 47.7 Å². The maximum absolute atomic E-state index is 13.0. The van der Waals surface area contributed by atoms with Crippen LogP contribution in [0, 0.1) is 11.8 Å². The van der Waals surface area contributed by atoms with E-state index in [0.29, 0.717) is 19.2 Å². The summed E-state index contributed by atoms with van der Waals surface area (Å²) >= 11 is 0. The summed E-state index contributed by atoms with van der Waals surface area (Å²) in [6.07, 6.45) is 8.99. The van der Waals surface area contributed by atoms with Crippen molar-refractivity contribution in [1.82, 2.24) is 4.90 Å². The second-order valence-electron chi connectivity index (χ2n) is 6.97. The van der Waals surface area contributed by atoms with Gasteiger partial charge in [0.05, 0.1) is 25.2 Å². The summed E-state index contributed by atoms with van der Waals surface area (Å²) in [5.41, 5.74) is -0.583. The third-order valence-electron chi connectivity index (χ3n) is 5.62. The molecule has 4 aliphatic rings. The Morgan fingerprint density at radius 1 is 1.45 bits per heavy atom. The van der Waals surface area contributed by atoms with E-state index in [1.54, 1.807) is 0 Å². The fourth-order valence-electron chi connectivity index (χ4n) is 4.62. The molecule has 120 valence electrons. The summed E-state index contributed by atoms with van der Waals surface area (Å²) in [6, 6.07) is 0.329. The molecule has 3 heterocycles. The fraction of sp³-hybridized carbons (Fsp3) is 0.765. The van der Waals surface area contributed by atoms with Gasteiger partial charge in [-0.05, 0) is 19.3 Å². The van der Waals surface area contributed by atoms with E-state index in [1.807, 2.05) is 24.0 Å². The third-order valence-corrected chi connectivity index (χ3v) is 5.62. The number of hydrogen-bond donors (Lipinski definition) is 0. The van der Waals surface area contributed by atoms with Gasteiger partial charge in [-0.2, -0.15) is 0 Å². The van der Waals surface area contributed by atoms with Crippen LogP contribution in [-0.2, 0) is 19.1 Å². The molecular formula is C17H23NO4. The molecule has 0 N–H and O–H groups in total. The molecular weight excluding hydrogens is 282 g/mol. The molecule has 4 atom stereocenters. The predicted octanol–water partition coefficient (Wildman–Crippen LogP) is 1.66. The molecule has 1 amide bonds. The molecule has 0 aromatic rings. The van der Waals surface area contributed by atoms with Crippen LogP contribution >= 0.6 is 0 Å². The van der Waals surface area contributed by atoms with Crippen molar-refractivity contribution >= 4 is 11.9 Å². The summed E-state index contributed by atoms with van der Waals surface area (Å²) in [4.78, 5) is 27.3. The van der Waals surface area contributed by atoms with Gasteiger partial charge in [-0.15, -0.1) is 0 Å². The van der Waals surface area contributed by atoms with E-state index in [1.165, 1.54) is 12.8 Å². The topological polar surface area (TPSA) is 55.8 Å². The Balaban J connectivity index is 1.58. The van der Waals surface area contributed by atoms with Gasteiger partial charge in [0.1, 0.15) is 11.5 Å². The third kappa shape index (κ3) is 1.87. The van der Waals surface area contributed by atoms with E-state index in [9.17, 15) is 9.59 Å². The number of carbonyl (C=O) groups is 2. The molecule has 0 aromatic carbocycles. The van der Waals surface area contributed by atoms with Crippen LogP contribution in [0.5, 0.6) is 0 Å². The molecule has 5 heteroatoms. The van der Waals surface area contributed by atoms with Crippen molar-refractivity contribution in [2.45, 2.75) is 56.8 Å². The van der Waals surface area contributed by atoms with Crippen molar-refractivity contribution in [3.05, 3.63) is 12.2 Å². The zero-order chi connectivity index (χ0) is 15.3. The molecule has 2 bridgehead atoms. The van der Waals surface area contributed by atoms with E-state index in [-0.39, 0.29) is 23.9 Å². The molecule has 5 nitrogen and oxygen atoms in total. The quantitative estimate of drug-likeness (QED) is 0.585. The summed E-state index contributed by atoms with van der Waals surface area (Å²) in [7, 11) is 0. The van der Waals surface area contributed by atoms with Gasteiger partial charge in [0.15, 0.2) is 0 Å². The maximum atomic E-state index is 13.0. The van der Waals surface area contributed by atoms with Crippen LogP contribution in [0.1, 0.15) is 39.0 Å². The smallest absolute Gasteiger partial charge is 0.312 e. The first-order valence-electron chi connectivity index (χ1n) is 8.50. The van der Waals surface area contributed by atoms with Crippen LogP contribution in [0.25, 0.3) is 0 Å². The molecule has 3 aliphatic heterocycles. The molecule has 0 aromatic heterocycles. The van der Waals surface area contributed by atoms with Gasteiger partial charge in [-0.3, -0.25) is 9.59 Å². The first-order chi connectivity index (χ1) is 10.7. The highest BCUT2D eigenvalue weighted by atomic mass is 16.6. The molecule has 22 heavy (non-hydrogen) atoms. The lowest BCUT2D eigenvalue weighted by Crippen LogP contribution is -2.41. The van der Waals surface area contributed by atoms with Gasteiger partial charge in [0, 0.05) is 6.04 Å². The van der Waals surface area contributed by atoms with E-state index in [4.69, 9.17) is 9.47 Å².